The van der Waals surface area contributed by atoms with E-state index in [-0.39, 0.29) is 5.91 Å². The van der Waals surface area contributed by atoms with Crippen molar-refractivity contribution in [1.82, 2.24) is 20.0 Å². The molecule has 2 fully saturated rings. The van der Waals surface area contributed by atoms with Crippen molar-refractivity contribution in [3.05, 3.63) is 17.5 Å². The molecule has 0 atom stereocenters. The number of aryl methyl sites for hydroxylation is 1. The molecular weight excluding hydrogens is 320 g/mol. The number of hydrogen-bond acceptors (Lipinski definition) is 4. The van der Waals surface area contributed by atoms with Crippen LogP contribution in [-0.4, -0.2) is 57.3 Å². The molecule has 0 spiro atoms. The minimum absolute atomic E-state index is 0.0180. The molecule has 134 valence electrons. The van der Waals surface area contributed by atoms with Gasteiger partial charge < -0.3 is 10.2 Å². The van der Waals surface area contributed by atoms with Crippen LogP contribution in [0.5, 0.6) is 0 Å². The Balaban J connectivity index is 1.51. The summed E-state index contributed by atoms with van der Waals surface area (Å²) in [5.74, 6) is 2.97. The van der Waals surface area contributed by atoms with E-state index in [1.807, 2.05) is 13.1 Å². The highest BCUT2D eigenvalue weighted by Gasteiger charge is 2.27. The zero-order valence-electron chi connectivity index (χ0n) is 15.1. The fraction of sp³-hybridized carbons (Fsp3) is 0.778. The Morgan fingerprint density at radius 3 is 2.50 bits per heavy atom. The normalized spacial score (nSPS) is 21.3. The third kappa shape index (κ3) is 4.14. The van der Waals surface area contributed by atoms with Gasteiger partial charge >= 0.3 is 0 Å². The molecule has 2 saturated heterocycles. The number of rotatable bonds is 4. The molecule has 2 aliphatic rings. The van der Waals surface area contributed by atoms with Gasteiger partial charge in [0.15, 0.2) is 0 Å². The predicted molar refractivity (Wildman–Crippen MR) is 99.7 cm³/mol. The standard InChI is InChI=1S/C18H30N4OS/c1-13(2)16-12-17(21(3)20-16)18(23)19-14-4-8-22(9-5-14)15-6-10-24-11-7-15/h12-15H,4-11H2,1-3H3,(H,19,23). The first kappa shape index (κ1) is 17.8. The van der Waals surface area contributed by atoms with Crippen LogP contribution >= 0.6 is 11.8 Å². The summed E-state index contributed by atoms with van der Waals surface area (Å²) < 4.78 is 1.71. The minimum atomic E-state index is 0.0180. The molecule has 2 aliphatic heterocycles. The topological polar surface area (TPSA) is 50.2 Å². The van der Waals surface area contributed by atoms with Gasteiger partial charge in [0.25, 0.3) is 5.91 Å². The van der Waals surface area contributed by atoms with Crippen molar-refractivity contribution in [1.29, 1.82) is 0 Å². The molecule has 0 unspecified atom stereocenters. The number of aromatic nitrogens is 2. The molecule has 0 aromatic carbocycles. The van der Waals surface area contributed by atoms with Gasteiger partial charge in [-0.2, -0.15) is 16.9 Å². The van der Waals surface area contributed by atoms with Gasteiger partial charge in [0.1, 0.15) is 5.69 Å². The molecule has 3 heterocycles. The summed E-state index contributed by atoms with van der Waals surface area (Å²) in [4.78, 5) is 15.2. The third-order valence-electron chi connectivity index (χ3n) is 5.29. The van der Waals surface area contributed by atoms with Crippen LogP contribution in [0.3, 0.4) is 0 Å². The second-order valence-electron chi connectivity index (χ2n) is 7.36. The predicted octanol–water partition coefficient (Wildman–Crippen LogP) is 2.63. The molecule has 5 nitrogen and oxygen atoms in total. The molecule has 6 heteroatoms. The number of thioether (sulfide) groups is 1. The molecule has 0 aliphatic carbocycles. The van der Waals surface area contributed by atoms with Crippen molar-refractivity contribution in [2.24, 2.45) is 7.05 Å². The van der Waals surface area contributed by atoms with Gasteiger partial charge in [-0.05, 0) is 49.2 Å². The summed E-state index contributed by atoms with van der Waals surface area (Å²) in [6, 6.07) is 2.99. The van der Waals surface area contributed by atoms with Crippen molar-refractivity contribution >= 4 is 17.7 Å². The van der Waals surface area contributed by atoms with Crippen LogP contribution < -0.4 is 5.32 Å². The number of hydrogen-bond donors (Lipinski definition) is 1. The fourth-order valence-corrected chi connectivity index (χ4v) is 4.78. The molecule has 0 bridgehead atoms. The first-order valence-corrected chi connectivity index (χ1v) is 10.4. The van der Waals surface area contributed by atoms with Crippen LogP contribution in [0.4, 0.5) is 0 Å². The molecule has 0 radical (unpaired) electrons. The Morgan fingerprint density at radius 1 is 1.25 bits per heavy atom. The van der Waals surface area contributed by atoms with Crippen LogP contribution in [0.2, 0.25) is 0 Å². The van der Waals surface area contributed by atoms with Gasteiger partial charge in [0.05, 0.1) is 5.69 Å². The maximum absolute atomic E-state index is 12.6. The Hall–Kier alpha value is -1.01. The molecule has 1 amide bonds. The summed E-state index contributed by atoms with van der Waals surface area (Å²) in [6.07, 6.45) is 4.78. The smallest absolute Gasteiger partial charge is 0.269 e. The van der Waals surface area contributed by atoms with E-state index in [9.17, 15) is 4.79 Å². The van der Waals surface area contributed by atoms with Gasteiger partial charge in [-0.1, -0.05) is 13.8 Å². The Kier molecular flexibility index (Phi) is 5.87. The zero-order chi connectivity index (χ0) is 17.1. The summed E-state index contributed by atoms with van der Waals surface area (Å²) in [6.45, 7) is 6.43. The van der Waals surface area contributed by atoms with Crippen LogP contribution in [0.1, 0.15) is 61.6 Å². The highest BCUT2D eigenvalue weighted by Crippen LogP contribution is 2.24. The molecule has 24 heavy (non-hydrogen) atoms. The maximum atomic E-state index is 12.6. The third-order valence-corrected chi connectivity index (χ3v) is 6.34. The van der Waals surface area contributed by atoms with Crippen molar-refractivity contribution in [3.63, 3.8) is 0 Å². The summed E-state index contributed by atoms with van der Waals surface area (Å²) in [7, 11) is 1.85. The molecule has 0 saturated carbocycles. The fourth-order valence-electron chi connectivity index (χ4n) is 3.70. The number of piperidine rings is 1. The van der Waals surface area contributed by atoms with Crippen molar-refractivity contribution < 1.29 is 4.79 Å². The van der Waals surface area contributed by atoms with Crippen LogP contribution in [0.15, 0.2) is 6.07 Å². The molecule has 1 N–H and O–H groups in total. The van der Waals surface area contributed by atoms with E-state index in [2.05, 4.69) is 40.9 Å². The number of likely N-dealkylation sites (tertiary alicyclic amines) is 1. The second-order valence-corrected chi connectivity index (χ2v) is 8.58. The average molecular weight is 351 g/mol. The van der Waals surface area contributed by atoms with Gasteiger partial charge in [0.2, 0.25) is 0 Å². The monoisotopic (exact) mass is 350 g/mol. The summed E-state index contributed by atoms with van der Waals surface area (Å²) in [5.41, 5.74) is 1.65. The van der Waals surface area contributed by atoms with Crippen molar-refractivity contribution in [2.75, 3.05) is 24.6 Å². The Morgan fingerprint density at radius 2 is 1.92 bits per heavy atom. The first-order chi connectivity index (χ1) is 11.5. The quantitative estimate of drug-likeness (QED) is 0.907. The van der Waals surface area contributed by atoms with Gasteiger partial charge in [-0.3, -0.25) is 9.48 Å². The lowest BCUT2D eigenvalue weighted by atomic mass is 10.0. The number of nitrogens with one attached hydrogen (secondary N) is 1. The number of nitrogens with zero attached hydrogens (tertiary/aromatic N) is 3. The van der Waals surface area contributed by atoms with Gasteiger partial charge in [-0.15, -0.1) is 0 Å². The van der Waals surface area contributed by atoms with Gasteiger partial charge in [-0.25, -0.2) is 0 Å². The van der Waals surface area contributed by atoms with E-state index >= 15 is 0 Å². The SMILES string of the molecule is CC(C)c1cc(C(=O)NC2CCN(C3CCSCC3)CC2)n(C)n1. The summed E-state index contributed by atoms with van der Waals surface area (Å²) >= 11 is 2.08. The maximum Gasteiger partial charge on any atom is 0.269 e. The van der Waals surface area contributed by atoms with Crippen molar-refractivity contribution in [2.45, 2.75) is 57.5 Å². The van der Waals surface area contributed by atoms with Crippen LogP contribution in [0, 0.1) is 0 Å². The van der Waals surface area contributed by atoms with E-state index in [1.54, 1.807) is 4.68 Å². The Bertz CT molecular complexity index is 557. The van der Waals surface area contributed by atoms with Crippen molar-refractivity contribution in [3.8, 4) is 0 Å². The lowest BCUT2D eigenvalue weighted by Gasteiger charge is -2.39. The van der Waals surface area contributed by atoms with Crippen LogP contribution in [0.25, 0.3) is 0 Å². The van der Waals surface area contributed by atoms with Crippen LogP contribution in [-0.2, 0) is 7.05 Å². The van der Waals surface area contributed by atoms with E-state index in [4.69, 9.17) is 0 Å². The first-order valence-electron chi connectivity index (χ1n) is 9.21. The lowest BCUT2D eigenvalue weighted by Crippen LogP contribution is -2.49. The number of carbonyl (C=O) groups excluding carboxylic acids is 1. The Labute approximate surface area is 149 Å². The highest BCUT2D eigenvalue weighted by molar-refractivity contribution is 7.99. The van der Waals surface area contributed by atoms with E-state index < -0.39 is 0 Å². The zero-order valence-corrected chi connectivity index (χ0v) is 15.9. The molecule has 1 aromatic heterocycles. The summed E-state index contributed by atoms with van der Waals surface area (Å²) in [5, 5.41) is 7.66. The number of carbonyl (C=O) groups is 1. The van der Waals surface area contributed by atoms with Gasteiger partial charge in [0, 0.05) is 32.2 Å². The molecule has 1 aromatic rings. The average Bonchev–Trinajstić information content (AvgIpc) is 2.99. The van der Waals surface area contributed by atoms with E-state index in [1.165, 1.54) is 24.3 Å². The second kappa shape index (κ2) is 7.91. The molecule has 3 rings (SSSR count). The molecular formula is C18H30N4OS. The highest BCUT2D eigenvalue weighted by atomic mass is 32.2. The lowest BCUT2D eigenvalue weighted by molar-refractivity contribution is 0.0877. The minimum Gasteiger partial charge on any atom is -0.348 e. The largest absolute Gasteiger partial charge is 0.348 e. The van der Waals surface area contributed by atoms with E-state index in [0.717, 1.165) is 37.7 Å². The number of amides is 1. The van der Waals surface area contributed by atoms with E-state index in [0.29, 0.717) is 17.7 Å².